The third kappa shape index (κ3) is 6.97. The molecule has 0 saturated heterocycles. The van der Waals surface area contributed by atoms with E-state index in [0.29, 0.717) is 19.0 Å². The number of unbranched alkanes of at least 4 members (excludes halogenated alkanes) is 1. The van der Waals surface area contributed by atoms with E-state index < -0.39 is 10.0 Å². The molecule has 138 valence electrons. The second-order valence-electron chi connectivity index (χ2n) is 6.18. The number of halogens is 1. The van der Waals surface area contributed by atoms with Crippen molar-refractivity contribution in [1.29, 1.82) is 0 Å². The van der Waals surface area contributed by atoms with Crippen LogP contribution in [0.2, 0.25) is 0 Å². The Labute approximate surface area is 151 Å². The van der Waals surface area contributed by atoms with Crippen molar-refractivity contribution in [3.8, 4) is 5.75 Å². The molecule has 0 bridgehead atoms. The van der Waals surface area contributed by atoms with E-state index in [0.717, 1.165) is 25.2 Å². The van der Waals surface area contributed by atoms with Gasteiger partial charge in [0.15, 0.2) is 0 Å². The van der Waals surface area contributed by atoms with Gasteiger partial charge < -0.3 is 10.5 Å². The fourth-order valence-electron chi connectivity index (χ4n) is 2.84. The Kier molecular flexibility index (Phi) is 9.66. The molecule has 0 unspecified atom stereocenters. The minimum absolute atomic E-state index is 0. The number of hydrogen-bond donors (Lipinski definition) is 2. The van der Waals surface area contributed by atoms with E-state index in [9.17, 15) is 8.42 Å². The lowest BCUT2D eigenvalue weighted by Gasteiger charge is -2.21. The van der Waals surface area contributed by atoms with Crippen LogP contribution in [0, 0.1) is 5.92 Å². The first-order chi connectivity index (χ1) is 11.1. The van der Waals surface area contributed by atoms with Crippen LogP contribution in [0.15, 0.2) is 29.2 Å². The summed E-state index contributed by atoms with van der Waals surface area (Å²) in [7, 11) is -3.44. The molecule has 0 aliphatic heterocycles. The molecule has 1 aliphatic rings. The van der Waals surface area contributed by atoms with Gasteiger partial charge in [-0.05, 0) is 62.4 Å². The lowest BCUT2D eigenvalue weighted by atomic mass is 9.90. The van der Waals surface area contributed by atoms with Crippen LogP contribution < -0.4 is 15.2 Å². The number of benzene rings is 1. The van der Waals surface area contributed by atoms with Gasteiger partial charge in [0.25, 0.3) is 0 Å². The Morgan fingerprint density at radius 3 is 2.38 bits per heavy atom. The van der Waals surface area contributed by atoms with Crippen LogP contribution in [0.3, 0.4) is 0 Å². The molecule has 2 rings (SSSR count). The van der Waals surface area contributed by atoms with Crippen LogP contribution in [-0.4, -0.2) is 28.1 Å². The van der Waals surface area contributed by atoms with Crippen molar-refractivity contribution in [2.24, 2.45) is 11.7 Å². The Balaban J connectivity index is 0.00000288. The maximum Gasteiger partial charge on any atom is 0.240 e. The van der Waals surface area contributed by atoms with Crippen molar-refractivity contribution in [2.75, 3.05) is 19.7 Å². The highest BCUT2D eigenvalue weighted by molar-refractivity contribution is 7.89. The molecule has 3 N–H and O–H groups in total. The average molecular weight is 377 g/mol. The van der Waals surface area contributed by atoms with Gasteiger partial charge in [0.05, 0.1) is 11.5 Å². The number of nitrogens with two attached hydrogens (primary N) is 1. The third-order valence-corrected chi connectivity index (χ3v) is 5.74. The van der Waals surface area contributed by atoms with Crippen molar-refractivity contribution in [3.05, 3.63) is 24.3 Å². The zero-order valence-corrected chi connectivity index (χ0v) is 15.7. The van der Waals surface area contributed by atoms with Crippen LogP contribution in [0.1, 0.15) is 44.9 Å². The van der Waals surface area contributed by atoms with E-state index >= 15 is 0 Å². The molecular formula is C17H29ClN2O3S. The normalized spacial score (nSPS) is 15.7. The van der Waals surface area contributed by atoms with Crippen molar-refractivity contribution in [3.63, 3.8) is 0 Å². The molecule has 7 heteroatoms. The fraction of sp³-hybridized carbons (Fsp3) is 0.647. The summed E-state index contributed by atoms with van der Waals surface area (Å²) in [4.78, 5) is 0.273. The van der Waals surface area contributed by atoms with E-state index in [-0.39, 0.29) is 17.3 Å². The third-order valence-electron chi connectivity index (χ3n) is 4.27. The van der Waals surface area contributed by atoms with Gasteiger partial charge in [-0.1, -0.05) is 19.3 Å². The van der Waals surface area contributed by atoms with Crippen molar-refractivity contribution >= 4 is 22.4 Å². The molecule has 1 aromatic carbocycles. The highest BCUT2D eigenvalue weighted by atomic mass is 35.5. The summed E-state index contributed by atoms with van der Waals surface area (Å²) in [5.41, 5.74) is 5.40. The number of rotatable bonds is 9. The molecule has 24 heavy (non-hydrogen) atoms. The van der Waals surface area contributed by atoms with E-state index in [1.165, 1.54) is 32.1 Å². The summed E-state index contributed by atoms with van der Waals surface area (Å²) in [5.74, 6) is 1.37. The minimum Gasteiger partial charge on any atom is -0.493 e. The molecule has 0 aromatic heterocycles. The first-order valence-electron chi connectivity index (χ1n) is 8.54. The highest BCUT2D eigenvalue weighted by Crippen LogP contribution is 2.25. The van der Waals surface area contributed by atoms with Crippen LogP contribution >= 0.6 is 12.4 Å². The van der Waals surface area contributed by atoms with Crippen LogP contribution in [0.25, 0.3) is 0 Å². The summed E-state index contributed by atoms with van der Waals surface area (Å²) in [6.45, 7) is 1.72. The van der Waals surface area contributed by atoms with Gasteiger partial charge >= 0.3 is 0 Å². The first-order valence-corrected chi connectivity index (χ1v) is 10.0. The second-order valence-corrected chi connectivity index (χ2v) is 7.95. The first kappa shape index (κ1) is 21.2. The molecule has 1 aliphatic carbocycles. The molecule has 1 aromatic rings. The Morgan fingerprint density at radius 2 is 1.75 bits per heavy atom. The Bertz CT molecular complexity index is 558. The van der Waals surface area contributed by atoms with Crippen LogP contribution in [0.5, 0.6) is 5.75 Å². The second kappa shape index (κ2) is 10.9. The molecule has 1 saturated carbocycles. The molecule has 5 nitrogen and oxygen atoms in total. The Morgan fingerprint density at radius 1 is 1.08 bits per heavy atom. The van der Waals surface area contributed by atoms with E-state index in [4.69, 9.17) is 10.5 Å². The summed E-state index contributed by atoms with van der Waals surface area (Å²) in [5, 5.41) is 0. The quantitative estimate of drug-likeness (QED) is 0.649. The summed E-state index contributed by atoms with van der Waals surface area (Å²) < 4.78 is 32.6. The van der Waals surface area contributed by atoms with Gasteiger partial charge in [-0.15, -0.1) is 12.4 Å². The Hall–Kier alpha value is -0.820. The largest absolute Gasteiger partial charge is 0.493 e. The molecule has 0 amide bonds. The number of nitrogens with one attached hydrogen (secondary N) is 1. The lowest BCUT2D eigenvalue weighted by Crippen LogP contribution is -2.25. The zero-order valence-electron chi connectivity index (χ0n) is 14.1. The van der Waals surface area contributed by atoms with Gasteiger partial charge in [0, 0.05) is 6.54 Å². The minimum atomic E-state index is -3.44. The SMILES string of the molecule is Cl.NCCCCNS(=O)(=O)c1ccc(OCC2CCCCC2)cc1. The van der Waals surface area contributed by atoms with Gasteiger partial charge in [-0.3, -0.25) is 0 Å². The molecule has 1 fully saturated rings. The van der Waals surface area contributed by atoms with Crippen LogP contribution in [-0.2, 0) is 10.0 Å². The van der Waals surface area contributed by atoms with Gasteiger partial charge in [-0.2, -0.15) is 0 Å². The molecule has 0 atom stereocenters. The average Bonchev–Trinajstić information content (AvgIpc) is 2.58. The summed E-state index contributed by atoms with van der Waals surface area (Å²) in [6, 6.07) is 6.66. The maximum atomic E-state index is 12.1. The molecular weight excluding hydrogens is 348 g/mol. The predicted molar refractivity (Wildman–Crippen MR) is 99.2 cm³/mol. The fourth-order valence-corrected chi connectivity index (χ4v) is 3.92. The molecule has 0 spiro atoms. The number of hydrogen-bond acceptors (Lipinski definition) is 4. The number of ether oxygens (including phenoxy) is 1. The van der Waals surface area contributed by atoms with Crippen molar-refractivity contribution < 1.29 is 13.2 Å². The summed E-state index contributed by atoms with van der Waals surface area (Å²) in [6.07, 6.45) is 7.95. The van der Waals surface area contributed by atoms with Gasteiger partial charge in [-0.25, -0.2) is 13.1 Å². The van der Waals surface area contributed by atoms with Gasteiger partial charge in [0.2, 0.25) is 10.0 Å². The monoisotopic (exact) mass is 376 g/mol. The highest BCUT2D eigenvalue weighted by Gasteiger charge is 2.15. The van der Waals surface area contributed by atoms with E-state index in [1.807, 2.05) is 0 Å². The predicted octanol–water partition coefficient (Wildman–Crippen LogP) is 3.08. The molecule has 0 heterocycles. The van der Waals surface area contributed by atoms with Crippen molar-refractivity contribution in [1.82, 2.24) is 4.72 Å². The van der Waals surface area contributed by atoms with Crippen molar-refractivity contribution in [2.45, 2.75) is 49.8 Å². The number of sulfonamides is 1. The standard InChI is InChI=1S/C17H28N2O3S.ClH/c18-12-4-5-13-19-23(20,21)17-10-8-16(9-11-17)22-14-15-6-2-1-3-7-15;/h8-11,15,19H,1-7,12-14,18H2;1H. The summed E-state index contributed by atoms with van der Waals surface area (Å²) >= 11 is 0. The zero-order chi connectivity index (χ0) is 16.5. The smallest absolute Gasteiger partial charge is 0.240 e. The van der Waals surface area contributed by atoms with Crippen LogP contribution in [0.4, 0.5) is 0 Å². The topological polar surface area (TPSA) is 81.4 Å². The van der Waals surface area contributed by atoms with E-state index in [2.05, 4.69) is 4.72 Å². The lowest BCUT2D eigenvalue weighted by molar-refractivity contribution is 0.209. The van der Waals surface area contributed by atoms with E-state index in [1.54, 1.807) is 24.3 Å². The maximum absolute atomic E-state index is 12.1. The van der Waals surface area contributed by atoms with Gasteiger partial charge in [0.1, 0.15) is 5.75 Å². The molecule has 0 radical (unpaired) electrons.